The van der Waals surface area contributed by atoms with Gasteiger partial charge in [-0.05, 0) is 47.7 Å². The highest BCUT2D eigenvalue weighted by Gasteiger charge is 2.39. The Bertz CT molecular complexity index is 564. The van der Waals surface area contributed by atoms with Gasteiger partial charge in [0, 0.05) is 5.54 Å². The standard InChI is InChI=1S/C15H14FN.ClH/c16-14-6-2-4-12(10-14)11-3-1-5-13(9-11)15(17)7-8-15;/h1-6,9-10H,7-8,17H2;1H. The summed E-state index contributed by atoms with van der Waals surface area (Å²) < 4.78 is 13.2. The fourth-order valence-electron chi connectivity index (χ4n) is 2.10. The van der Waals surface area contributed by atoms with Crippen LogP contribution in [0.25, 0.3) is 11.1 Å². The normalized spacial score (nSPS) is 15.9. The molecule has 0 amide bonds. The van der Waals surface area contributed by atoms with Gasteiger partial charge >= 0.3 is 0 Å². The maximum atomic E-state index is 13.2. The molecule has 1 saturated carbocycles. The van der Waals surface area contributed by atoms with E-state index in [-0.39, 0.29) is 23.8 Å². The number of nitrogens with two attached hydrogens (primary N) is 1. The Labute approximate surface area is 112 Å². The van der Waals surface area contributed by atoms with Crippen molar-refractivity contribution in [3.63, 3.8) is 0 Å². The molecule has 1 aliphatic carbocycles. The molecule has 0 spiro atoms. The van der Waals surface area contributed by atoms with E-state index >= 15 is 0 Å². The third kappa shape index (κ3) is 2.40. The molecular weight excluding hydrogens is 249 g/mol. The molecule has 0 heterocycles. The molecule has 0 bridgehead atoms. The van der Waals surface area contributed by atoms with Gasteiger partial charge in [0.15, 0.2) is 0 Å². The fourth-order valence-corrected chi connectivity index (χ4v) is 2.10. The Morgan fingerprint density at radius 2 is 1.56 bits per heavy atom. The van der Waals surface area contributed by atoms with Crippen LogP contribution in [-0.4, -0.2) is 0 Å². The highest BCUT2D eigenvalue weighted by molar-refractivity contribution is 5.85. The van der Waals surface area contributed by atoms with E-state index < -0.39 is 0 Å². The third-order valence-electron chi connectivity index (χ3n) is 3.38. The van der Waals surface area contributed by atoms with Crippen molar-refractivity contribution < 1.29 is 4.39 Å². The predicted molar refractivity (Wildman–Crippen MR) is 74.2 cm³/mol. The van der Waals surface area contributed by atoms with Crippen molar-refractivity contribution in [3.8, 4) is 11.1 Å². The lowest BCUT2D eigenvalue weighted by molar-refractivity contribution is 0.628. The van der Waals surface area contributed by atoms with Gasteiger partial charge in [0.1, 0.15) is 5.82 Å². The van der Waals surface area contributed by atoms with E-state index in [0.29, 0.717) is 0 Å². The van der Waals surface area contributed by atoms with Crippen molar-refractivity contribution in [2.45, 2.75) is 18.4 Å². The van der Waals surface area contributed by atoms with Crippen LogP contribution in [0.4, 0.5) is 4.39 Å². The average molecular weight is 264 g/mol. The van der Waals surface area contributed by atoms with Crippen LogP contribution in [0.5, 0.6) is 0 Å². The first-order valence-electron chi connectivity index (χ1n) is 5.83. The second kappa shape index (κ2) is 4.71. The highest BCUT2D eigenvalue weighted by atomic mass is 35.5. The Balaban J connectivity index is 0.00000120. The molecule has 94 valence electrons. The van der Waals surface area contributed by atoms with Crippen molar-refractivity contribution in [2.24, 2.45) is 5.73 Å². The van der Waals surface area contributed by atoms with E-state index in [9.17, 15) is 4.39 Å². The van der Waals surface area contributed by atoms with Crippen LogP contribution in [0, 0.1) is 5.82 Å². The molecular formula is C15H15ClFN. The Hall–Kier alpha value is -1.38. The maximum Gasteiger partial charge on any atom is 0.123 e. The second-order valence-corrected chi connectivity index (χ2v) is 4.75. The summed E-state index contributed by atoms with van der Waals surface area (Å²) in [6, 6.07) is 14.8. The zero-order valence-corrected chi connectivity index (χ0v) is 10.7. The summed E-state index contributed by atoms with van der Waals surface area (Å²) in [5.41, 5.74) is 9.11. The molecule has 18 heavy (non-hydrogen) atoms. The van der Waals surface area contributed by atoms with Gasteiger partial charge in [0.2, 0.25) is 0 Å². The molecule has 0 aliphatic heterocycles. The number of benzene rings is 2. The van der Waals surface area contributed by atoms with Crippen molar-refractivity contribution in [1.29, 1.82) is 0 Å². The monoisotopic (exact) mass is 263 g/mol. The molecule has 0 unspecified atom stereocenters. The van der Waals surface area contributed by atoms with Gasteiger partial charge in [-0.2, -0.15) is 0 Å². The quantitative estimate of drug-likeness (QED) is 0.875. The lowest BCUT2D eigenvalue weighted by Crippen LogP contribution is -2.18. The van der Waals surface area contributed by atoms with Crippen molar-refractivity contribution in [1.82, 2.24) is 0 Å². The molecule has 3 rings (SSSR count). The second-order valence-electron chi connectivity index (χ2n) is 4.75. The molecule has 0 radical (unpaired) electrons. The molecule has 1 aliphatic rings. The van der Waals surface area contributed by atoms with Crippen molar-refractivity contribution >= 4 is 12.4 Å². The molecule has 0 saturated heterocycles. The minimum absolute atomic E-state index is 0. The molecule has 2 N–H and O–H groups in total. The van der Waals surface area contributed by atoms with Gasteiger partial charge in [0.05, 0.1) is 0 Å². The van der Waals surface area contributed by atoms with Crippen molar-refractivity contribution in [3.05, 3.63) is 59.9 Å². The number of hydrogen-bond acceptors (Lipinski definition) is 1. The van der Waals surface area contributed by atoms with Crippen LogP contribution in [0.3, 0.4) is 0 Å². The molecule has 2 aromatic carbocycles. The van der Waals surface area contributed by atoms with Crippen LogP contribution in [0.1, 0.15) is 18.4 Å². The van der Waals surface area contributed by atoms with Crippen LogP contribution < -0.4 is 5.73 Å². The van der Waals surface area contributed by atoms with Crippen molar-refractivity contribution in [2.75, 3.05) is 0 Å². The summed E-state index contributed by atoms with van der Waals surface area (Å²) in [7, 11) is 0. The highest BCUT2D eigenvalue weighted by Crippen LogP contribution is 2.43. The van der Waals surface area contributed by atoms with E-state index in [4.69, 9.17) is 5.73 Å². The Morgan fingerprint density at radius 1 is 0.944 bits per heavy atom. The van der Waals surface area contributed by atoms with E-state index in [2.05, 4.69) is 12.1 Å². The number of halogens is 2. The molecule has 0 aromatic heterocycles. The van der Waals surface area contributed by atoms with Gasteiger partial charge in [0.25, 0.3) is 0 Å². The summed E-state index contributed by atoms with van der Waals surface area (Å²) in [6.07, 6.45) is 2.08. The first kappa shape index (κ1) is 13.1. The minimum atomic E-state index is -0.207. The largest absolute Gasteiger partial charge is 0.321 e. The molecule has 3 heteroatoms. The number of rotatable bonds is 2. The minimum Gasteiger partial charge on any atom is -0.321 e. The average Bonchev–Trinajstić information content (AvgIpc) is 3.09. The summed E-state index contributed by atoms with van der Waals surface area (Å²) in [6.45, 7) is 0. The van der Waals surface area contributed by atoms with Gasteiger partial charge in [-0.25, -0.2) is 4.39 Å². The maximum absolute atomic E-state index is 13.2. The SMILES string of the molecule is Cl.NC1(c2cccc(-c3cccc(F)c3)c2)CC1. The smallest absolute Gasteiger partial charge is 0.123 e. The summed E-state index contributed by atoms with van der Waals surface area (Å²) in [4.78, 5) is 0. The predicted octanol–water partition coefficient (Wildman–Crippen LogP) is 3.86. The van der Waals surface area contributed by atoms with Gasteiger partial charge < -0.3 is 5.73 Å². The zero-order valence-electron chi connectivity index (χ0n) is 9.90. The van der Waals surface area contributed by atoms with Gasteiger partial charge in [-0.15, -0.1) is 12.4 Å². The number of hydrogen-bond donors (Lipinski definition) is 1. The molecule has 1 nitrogen and oxygen atoms in total. The summed E-state index contributed by atoms with van der Waals surface area (Å²) in [5.74, 6) is -0.207. The lowest BCUT2D eigenvalue weighted by atomic mass is 9.99. The van der Waals surface area contributed by atoms with Crippen LogP contribution in [0.2, 0.25) is 0 Å². The van der Waals surface area contributed by atoms with Crippen LogP contribution >= 0.6 is 12.4 Å². The van der Waals surface area contributed by atoms with Crippen LogP contribution in [-0.2, 0) is 5.54 Å². The van der Waals surface area contributed by atoms with E-state index in [0.717, 1.165) is 29.5 Å². The first-order valence-corrected chi connectivity index (χ1v) is 5.83. The Morgan fingerprint density at radius 3 is 2.17 bits per heavy atom. The molecule has 2 aromatic rings. The summed E-state index contributed by atoms with van der Waals surface area (Å²) >= 11 is 0. The topological polar surface area (TPSA) is 26.0 Å². The van der Waals surface area contributed by atoms with Crippen LogP contribution in [0.15, 0.2) is 48.5 Å². The Kier molecular flexibility index (Phi) is 3.42. The van der Waals surface area contributed by atoms with E-state index in [1.54, 1.807) is 12.1 Å². The zero-order chi connectivity index (χ0) is 11.9. The van der Waals surface area contributed by atoms with E-state index in [1.807, 2.05) is 18.2 Å². The lowest BCUT2D eigenvalue weighted by Gasteiger charge is -2.11. The molecule has 1 fully saturated rings. The van der Waals surface area contributed by atoms with E-state index in [1.165, 1.54) is 6.07 Å². The van der Waals surface area contributed by atoms with Gasteiger partial charge in [-0.3, -0.25) is 0 Å². The molecule has 0 atom stereocenters. The third-order valence-corrected chi connectivity index (χ3v) is 3.38. The fraction of sp³-hybridized carbons (Fsp3) is 0.200. The van der Waals surface area contributed by atoms with Gasteiger partial charge in [-0.1, -0.05) is 30.3 Å². The summed E-state index contributed by atoms with van der Waals surface area (Å²) in [5, 5.41) is 0. The first-order chi connectivity index (χ1) is 8.17.